The van der Waals surface area contributed by atoms with Crippen molar-refractivity contribution in [2.45, 2.75) is 38.6 Å². The number of benzene rings is 1. The van der Waals surface area contributed by atoms with Gasteiger partial charge in [0.1, 0.15) is 5.52 Å². The van der Waals surface area contributed by atoms with E-state index in [1.54, 1.807) is 4.52 Å². The number of carbonyl (C=O) groups is 1. The van der Waals surface area contributed by atoms with E-state index in [9.17, 15) is 4.79 Å². The van der Waals surface area contributed by atoms with Gasteiger partial charge in [0, 0.05) is 19.2 Å². The molecule has 2 aliphatic rings. The number of nitrogens with one attached hydrogen (secondary N) is 1. The van der Waals surface area contributed by atoms with Crippen LogP contribution < -0.4 is 10.2 Å². The van der Waals surface area contributed by atoms with E-state index in [1.807, 2.05) is 25.3 Å². The molecule has 1 N–H and O–H groups in total. The zero-order valence-electron chi connectivity index (χ0n) is 15.5. The maximum atomic E-state index is 12.9. The standard InChI is InChI=1S/C21H23N5O/c1-14-13-26-19(20(22-14)25-10-4-5-11-25)12-18(24-26)21(27)23-17-9-8-15-6-2-3-7-16(15)17/h2-3,6-7,12-13,17H,4-5,8-11H2,1H3,(H,23,27). The summed E-state index contributed by atoms with van der Waals surface area (Å²) in [4.78, 5) is 19.9. The van der Waals surface area contributed by atoms with Crippen LogP contribution in [-0.4, -0.2) is 33.6 Å². The number of aromatic nitrogens is 3. The average molecular weight is 361 g/mol. The third-order valence-electron chi connectivity index (χ3n) is 5.63. The molecule has 6 nitrogen and oxygen atoms in total. The molecule has 0 radical (unpaired) electrons. The van der Waals surface area contributed by atoms with E-state index in [-0.39, 0.29) is 11.9 Å². The van der Waals surface area contributed by atoms with Crippen molar-refractivity contribution in [3.8, 4) is 0 Å². The van der Waals surface area contributed by atoms with Crippen molar-refractivity contribution >= 4 is 17.2 Å². The number of fused-ring (bicyclic) bond motifs is 2. The number of nitrogens with zero attached hydrogens (tertiary/aromatic N) is 4. The predicted octanol–water partition coefficient (Wildman–Crippen LogP) is 3.06. The molecule has 27 heavy (non-hydrogen) atoms. The summed E-state index contributed by atoms with van der Waals surface area (Å²) in [7, 11) is 0. The first-order valence-electron chi connectivity index (χ1n) is 9.70. The van der Waals surface area contributed by atoms with Crippen LogP contribution in [0, 0.1) is 6.92 Å². The van der Waals surface area contributed by atoms with Crippen LogP contribution in [0.2, 0.25) is 0 Å². The minimum Gasteiger partial charge on any atom is -0.355 e. The fourth-order valence-electron chi connectivity index (χ4n) is 4.30. The normalized spacial score (nSPS) is 18.9. The topological polar surface area (TPSA) is 62.5 Å². The van der Waals surface area contributed by atoms with Crippen LogP contribution >= 0.6 is 0 Å². The minimum atomic E-state index is -0.120. The maximum absolute atomic E-state index is 12.9. The molecule has 3 aromatic rings. The van der Waals surface area contributed by atoms with Crippen LogP contribution in [0.5, 0.6) is 0 Å². The predicted molar refractivity (Wildman–Crippen MR) is 104 cm³/mol. The highest BCUT2D eigenvalue weighted by molar-refractivity contribution is 5.94. The van der Waals surface area contributed by atoms with Crippen LogP contribution in [0.4, 0.5) is 5.82 Å². The lowest BCUT2D eigenvalue weighted by molar-refractivity contribution is 0.0931. The first kappa shape index (κ1) is 16.3. The lowest BCUT2D eigenvalue weighted by Crippen LogP contribution is -2.27. The highest BCUT2D eigenvalue weighted by Crippen LogP contribution is 2.31. The van der Waals surface area contributed by atoms with Crippen LogP contribution in [0.3, 0.4) is 0 Å². The van der Waals surface area contributed by atoms with E-state index in [0.29, 0.717) is 5.69 Å². The molecule has 1 saturated heterocycles. The Bertz CT molecular complexity index is 1020. The molecule has 0 saturated carbocycles. The van der Waals surface area contributed by atoms with Gasteiger partial charge in [-0.1, -0.05) is 24.3 Å². The number of hydrogen-bond acceptors (Lipinski definition) is 4. The molecule has 1 atom stereocenters. The molecule has 1 fully saturated rings. The zero-order chi connectivity index (χ0) is 18.4. The van der Waals surface area contributed by atoms with E-state index >= 15 is 0 Å². The van der Waals surface area contributed by atoms with Crippen LogP contribution in [-0.2, 0) is 6.42 Å². The van der Waals surface area contributed by atoms with E-state index in [1.165, 1.54) is 24.0 Å². The number of hydrogen-bond donors (Lipinski definition) is 1. The van der Waals surface area contributed by atoms with Gasteiger partial charge in [0.15, 0.2) is 11.5 Å². The average Bonchev–Trinajstić information content (AvgIpc) is 3.40. The maximum Gasteiger partial charge on any atom is 0.272 e. The van der Waals surface area contributed by atoms with Gasteiger partial charge in [0.05, 0.1) is 17.9 Å². The van der Waals surface area contributed by atoms with Crippen molar-refractivity contribution in [1.29, 1.82) is 0 Å². The van der Waals surface area contributed by atoms with Gasteiger partial charge in [0.2, 0.25) is 0 Å². The van der Waals surface area contributed by atoms with Crippen molar-refractivity contribution in [2.75, 3.05) is 18.0 Å². The van der Waals surface area contributed by atoms with E-state index in [0.717, 1.165) is 43.0 Å². The molecular formula is C21H23N5O. The molecule has 1 unspecified atom stereocenters. The molecule has 1 amide bonds. The van der Waals surface area contributed by atoms with Gasteiger partial charge in [0.25, 0.3) is 5.91 Å². The monoisotopic (exact) mass is 361 g/mol. The van der Waals surface area contributed by atoms with Gasteiger partial charge < -0.3 is 10.2 Å². The van der Waals surface area contributed by atoms with Gasteiger partial charge in [-0.05, 0) is 43.7 Å². The number of anilines is 1. The highest BCUT2D eigenvalue weighted by Gasteiger charge is 2.25. The Morgan fingerprint density at radius 2 is 2.04 bits per heavy atom. The molecule has 5 rings (SSSR count). The van der Waals surface area contributed by atoms with Crippen molar-refractivity contribution in [3.63, 3.8) is 0 Å². The molecule has 3 heterocycles. The summed E-state index contributed by atoms with van der Waals surface area (Å²) in [5.41, 5.74) is 4.81. The summed E-state index contributed by atoms with van der Waals surface area (Å²) in [6, 6.07) is 10.3. The molecule has 0 spiro atoms. The second-order valence-corrected chi connectivity index (χ2v) is 7.52. The van der Waals surface area contributed by atoms with Gasteiger partial charge in [-0.2, -0.15) is 5.10 Å². The van der Waals surface area contributed by atoms with E-state index in [4.69, 9.17) is 4.98 Å². The van der Waals surface area contributed by atoms with Crippen molar-refractivity contribution < 1.29 is 4.79 Å². The fraction of sp³-hybridized carbons (Fsp3) is 0.381. The lowest BCUT2D eigenvalue weighted by atomic mass is 10.1. The van der Waals surface area contributed by atoms with Crippen LogP contribution in [0.1, 0.15) is 52.6 Å². The van der Waals surface area contributed by atoms with Crippen LogP contribution in [0.15, 0.2) is 36.5 Å². The number of aryl methyl sites for hydroxylation is 2. The van der Waals surface area contributed by atoms with E-state index < -0.39 is 0 Å². The number of amides is 1. The summed E-state index contributed by atoms with van der Waals surface area (Å²) in [6.07, 6.45) is 6.21. The second-order valence-electron chi connectivity index (χ2n) is 7.52. The van der Waals surface area contributed by atoms with Crippen molar-refractivity contribution in [3.05, 3.63) is 59.0 Å². The molecule has 6 heteroatoms. The molecular weight excluding hydrogens is 338 g/mol. The number of carbonyl (C=O) groups excluding carboxylic acids is 1. The molecule has 1 aliphatic carbocycles. The minimum absolute atomic E-state index is 0.0661. The SMILES string of the molecule is Cc1cn2nc(C(=O)NC3CCc4ccccc43)cc2c(N2CCCC2)n1. The summed E-state index contributed by atoms with van der Waals surface area (Å²) >= 11 is 0. The number of rotatable bonds is 3. The highest BCUT2D eigenvalue weighted by atomic mass is 16.2. The summed E-state index contributed by atoms with van der Waals surface area (Å²) in [5.74, 6) is 0.815. The smallest absolute Gasteiger partial charge is 0.272 e. The zero-order valence-corrected chi connectivity index (χ0v) is 15.5. The Morgan fingerprint density at radius 3 is 2.89 bits per heavy atom. The fourth-order valence-corrected chi connectivity index (χ4v) is 4.30. The van der Waals surface area contributed by atoms with Crippen molar-refractivity contribution in [1.82, 2.24) is 19.9 Å². The Labute approximate surface area is 158 Å². The Kier molecular flexibility index (Phi) is 3.85. The largest absolute Gasteiger partial charge is 0.355 e. The van der Waals surface area contributed by atoms with Crippen molar-refractivity contribution in [2.24, 2.45) is 0 Å². The summed E-state index contributed by atoms with van der Waals surface area (Å²) in [6.45, 7) is 3.99. The molecule has 0 bridgehead atoms. The van der Waals surface area contributed by atoms with Gasteiger partial charge in [-0.3, -0.25) is 4.79 Å². The third-order valence-corrected chi connectivity index (χ3v) is 5.63. The molecule has 1 aromatic carbocycles. The van der Waals surface area contributed by atoms with Gasteiger partial charge in [-0.15, -0.1) is 0 Å². The summed E-state index contributed by atoms with van der Waals surface area (Å²) in [5, 5.41) is 7.71. The van der Waals surface area contributed by atoms with Gasteiger partial charge >= 0.3 is 0 Å². The first-order chi connectivity index (χ1) is 13.2. The molecule has 138 valence electrons. The Balaban J connectivity index is 1.45. The lowest BCUT2D eigenvalue weighted by Gasteiger charge is -2.17. The molecule has 1 aliphatic heterocycles. The Hall–Kier alpha value is -2.89. The van der Waals surface area contributed by atoms with Gasteiger partial charge in [-0.25, -0.2) is 9.50 Å². The van der Waals surface area contributed by atoms with Crippen LogP contribution in [0.25, 0.3) is 5.52 Å². The first-order valence-corrected chi connectivity index (χ1v) is 9.70. The quantitative estimate of drug-likeness (QED) is 0.779. The summed E-state index contributed by atoms with van der Waals surface area (Å²) < 4.78 is 1.80. The third kappa shape index (κ3) is 2.85. The second kappa shape index (κ2) is 6.37. The molecule has 2 aromatic heterocycles. The Morgan fingerprint density at radius 1 is 1.22 bits per heavy atom. The van der Waals surface area contributed by atoms with E-state index in [2.05, 4.69) is 33.5 Å².